The Morgan fingerprint density at radius 1 is 1.08 bits per heavy atom. The second-order valence-corrected chi connectivity index (χ2v) is 6.12. The summed E-state index contributed by atoms with van der Waals surface area (Å²) in [6.07, 6.45) is 5.18. The maximum Gasteiger partial charge on any atom is 0.251 e. The molecule has 1 heterocycles. The minimum absolute atomic E-state index is 0.0674. The molecule has 128 valence electrons. The number of aromatic nitrogens is 2. The van der Waals surface area contributed by atoms with Gasteiger partial charge in [0, 0.05) is 17.7 Å². The summed E-state index contributed by atoms with van der Waals surface area (Å²) in [4.78, 5) is 12.4. The maximum absolute atomic E-state index is 12.4. The Balaban J connectivity index is 1.62. The van der Waals surface area contributed by atoms with Crippen LogP contribution in [-0.2, 0) is 13.0 Å². The van der Waals surface area contributed by atoms with Crippen molar-refractivity contribution in [1.82, 2.24) is 15.5 Å². The van der Waals surface area contributed by atoms with Crippen molar-refractivity contribution in [3.8, 4) is 11.3 Å². The molecular formula is C21H23N3O. The first-order chi connectivity index (χ1) is 12.3. The normalized spacial score (nSPS) is 10.6. The Morgan fingerprint density at radius 2 is 1.84 bits per heavy atom. The zero-order valence-corrected chi connectivity index (χ0v) is 14.5. The number of hydrogen-bond donors (Lipinski definition) is 2. The predicted molar refractivity (Wildman–Crippen MR) is 100 cm³/mol. The predicted octanol–water partition coefficient (Wildman–Crippen LogP) is 4.35. The summed E-state index contributed by atoms with van der Waals surface area (Å²) in [6, 6.07) is 17.9. The number of hydrogen-bond acceptors (Lipinski definition) is 2. The molecule has 0 unspecified atom stereocenters. The minimum Gasteiger partial charge on any atom is -0.348 e. The summed E-state index contributed by atoms with van der Waals surface area (Å²) in [5.41, 5.74) is 4.93. The molecule has 0 aliphatic heterocycles. The van der Waals surface area contributed by atoms with Gasteiger partial charge in [0.25, 0.3) is 5.91 Å². The van der Waals surface area contributed by atoms with Crippen molar-refractivity contribution >= 4 is 5.91 Å². The second-order valence-electron chi connectivity index (χ2n) is 6.12. The van der Waals surface area contributed by atoms with Gasteiger partial charge < -0.3 is 5.32 Å². The molecule has 4 nitrogen and oxygen atoms in total. The molecule has 0 saturated heterocycles. The van der Waals surface area contributed by atoms with Crippen LogP contribution in [0.2, 0.25) is 0 Å². The smallest absolute Gasteiger partial charge is 0.251 e. The van der Waals surface area contributed by atoms with E-state index >= 15 is 0 Å². The van der Waals surface area contributed by atoms with Crippen LogP contribution in [0.3, 0.4) is 0 Å². The summed E-state index contributed by atoms with van der Waals surface area (Å²) < 4.78 is 0. The number of carbonyl (C=O) groups is 1. The van der Waals surface area contributed by atoms with Gasteiger partial charge in [-0.1, -0.05) is 55.8 Å². The van der Waals surface area contributed by atoms with E-state index in [0.29, 0.717) is 12.1 Å². The molecule has 3 rings (SSSR count). The molecule has 0 spiro atoms. The third kappa shape index (κ3) is 4.35. The molecule has 2 aromatic carbocycles. The van der Waals surface area contributed by atoms with Gasteiger partial charge in [0.2, 0.25) is 0 Å². The van der Waals surface area contributed by atoms with E-state index in [2.05, 4.69) is 22.4 Å². The third-order valence-electron chi connectivity index (χ3n) is 4.25. The molecule has 0 fully saturated rings. The van der Waals surface area contributed by atoms with E-state index < -0.39 is 0 Å². The number of carbonyl (C=O) groups excluding carboxylic acids is 1. The van der Waals surface area contributed by atoms with Gasteiger partial charge >= 0.3 is 0 Å². The zero-order chi connectivity index (χ0) is 17.5. The Morgan fingerprint density at radius 3 is 2.56 bits per heavy atom. The average molecular weight is 333 g/mol. The molecule has 0 aliphatic carbocycles. The van der Waals surface area contributed by atoms with Gasteiger partial charge in [0.15, 0.2) is 0 Å². The van der Waals surface area contributed by atoms with E-state index in [1.807, 2.05) is 54.6 Å². The van der Waals surface area contributed by atoms with Crippen molar-refractivity contribution in [3.63, 3.8) is 0 Å². The fourth-order valence-corrected chi connectivity index (χ4v) is 2.78. The molecule has 3 aromatic rings. The number of nitrogens with one attached hydrogen (secondary N) is 2. The maximum atomic E-state index is 12.4. The van der Waals surface area contributed by atoms with Gasteiger partial charge in [-0.25, -0.2) is 0 Å². The highest BCUT2D eigenvalue weighted by Crippen LogP contribution is 2.20. The zero-order valence-electron chi connectivity index (χ0n) is 14.5. The molecular weight excluding hydrogens is 310 g/mol. The van der Waals surface area contributed by atoms with Gasteiger partial charge in [0.05, 0.1) is 11.9 Å². The van der Waals surface area contributed by atoms with Gasteiger partial charge in [-0.2, -0.15) is 5.10 Å². The summed E-state index contributed by atoms with van der Waals surface area (Å²) in [6.45, 7) is 2.62. The topological polar surface area (TPSA) is 57.8 Å². The van der Waals surface area contributed by atoms with Crippen LogP contribution < -0.4 is 5.32 Å². The van der Waals surface area contributed by atoms with Gasteiger partial charge in [0.1, 0.15) is 0 Å². The van der Waals surface area contributed by atoms with Crippen molar-refractivity contribution < 1.29 is 4.79 Å². The molecule has 2 N–H and O–H groups in total. The Bertz CT molecular complexity index is 807. The molecule has 1 aromatic heterocycles. The van der Waals surface area contributed by atoms with Gasteiger partial charge in [-0.15, -0.1) is 0 Å². The van der Waals surface area contributed by atoms with E-state index in [1.54, 1.807) is 6.20 Å². The van der Waals surface area contributed by atoms with Crippen LogP contribution in [0, 0.1) is 0 Å². The van der Waals surface area contributed by atoms with E-state index in [0.717, 1.165) is 23.2 Å². The fourth-order valence-electron chi connectivity index (χ4n) is 2.78. The summed E-state index contributed by atoms with van der Waals surface area (Å²) in [5.74, 6) is -0.0674. The first-order valence-electron chi connectivity index (χ1n) is 8.72. The lowest BCUT2D eigenvalue weighted by Gasteiger charge is -2.07. The van der Waals surface area contributed by atoms with Gasteiger partial charge in [-0.05, 0) is 36.1 Å². The Labute approximate surface area is 148 Å². The average Bonchev–Trinajstić information content (AvgIpc) is 3.14. The molecule has 0 aliphatic rings. The number of H-pyrrole nitrogens is 1. The Hall–Kier alpha value is -2.88. The molecule has 0 radical (unpaired) electrons. The molecule has 4 heteroatoms. The third-order valence-corrected chi connectivity index (χ3v) is 4.25. The van der Waals surface area contributed by atoms with Gasteiger partial charge in [-0.3, -0.25) is 9.89 Å². The van der Waals surface area contributed by atoms with Crippen LogP contribution in [0.1, 0.15) is 41.3 Å². The number of aromatic amines is 1. The minimum atomic E-state index is -0.0674. The van der Waals surface area contributed by atoms with Crippen LogP contribution in [0.4, 0.5) is 0 Å². The number of rotatable bonds is 7. The molecule has 1 amide bonds. The summed E-state index contributed by atoms with van der Waals surface area (Å²) in [7, 11) is 0. The van der Waals surface area contributed by atoms with Crippen molar-refractivity contribution in [3.05, 3.63) is 77.5 Å². The Kier molecular flexibility index (Phi) is 5.62. The number of unbranched alkanes of at least 4 members (excludes halogenated alkanes) is 1. The number of nitrogens with zero attached hydrogens (tertiary/aromatic N) is 1. The fraction of sp³-hybridized carbons (Fsp3) is 0.238. The standard InChI is InChI=1S/C21H23N3O/c1-2-3-7-16-10-12-18(13-11-16)21(25)22-14-19-15-23-24-20(19)17-8-5-4-6-9-17/h4-6,8-13,15H,2-3,7,14H2,1H3,(H,22,25)(H,23,24). The number of amides is 1. The van der Waals surface area contributed by atoms with Crippen LogP contribution >= 0.6 is 0 Å². The van der Waals surface area contributed by atoms with Crippen LogP contribution in [0.15, 0.2) is 60.8 Å². The quantitative estimate of drug-likeness (QED) is 0.675. The van der Waals surface area contributed by atoms with Crippen molar-refractivity contribution in [2.75, 3.05) is 0 Å². The van der Waals surface area contributed by atoms with Crippen LogP contribution in [-0.4, -0.2) is 16.1 Å². The van der Waals surface area contributed by atoms with E-state index in [1.165, 1.54) is 18.4 Å². The lowest BCUT2D eigenvalue weighted by molar-refractivity contribution is 0.0951. The first kappa shape index (κ1) is 17.0. The SMILES string of the molecule is CCCCc1ccc(C(=O)NCc2cn[nH]c2-c2ccccc2)cc1. The highest BCUT2D eigenvalue weighted by atomic mass is 16.1. The van der Waals surface area contributed by atoms with Crippen LogP contribution in [0.25, 0.3) is 11.3 Å². The highest BCUT2D eigenvalue weighted by molar-refractivity contribution is 5.94. The lowest BCUT2D eigenvalue weighted by Crippen LogP contribution is -2.22. The largest absolute Gasteiger partial charge is 0.348 e. The number of aryl methyl sites for hydroxylation is 1. The second kappa shape index (κ2) is 8.29. The molecule has 0 atom stereocenters. The highest BCUT2D eigenvalue weighted by Gasteiger charge is 2.10. The van der Waals surface area contributed by atoms with Crippen molar-refractivity contribution in [2.24, 2.45) is 0 Å². The van der Waals surface area contributed by atoms with Crippen molar-refractivity contribution in [1.29, 1.82) is 0 Å². The molecule has 25 heavy (non-hydrogen) atoms. The lowest BCUT2D eigenvalue weighted by atomic mass is 10.1. The number of benzene rings is 2. The van der Waals surface area contributed by atoms with Crippen molar-refractivity contribution in [2.45, 2.75) is 32.7 Å². The van der Waals surface area contributed by atoms with E-state index in [4.69, 9.17) is 0 Å². The summed E-state index contributed by atoms with van der Waals surface area (Å²) in [5, 5.41) is 10.1. The molecule has 0 saturated carbocycles. The summed E-state index contributed by atoms with van der Waals surface area (Å²) >= 11 is 0. The molecule has 0 bridgehead atoms. The first-order valence-corrected chi connectivity index (χ1v) is 8.72. The monoisotopic (exact) mass is 333 g/mol. The van der Waals surface area contributed by atoms with Crippen LogP contribution in [0.5, 0.6) is 0 Å². The van der Waals surface area contributed by atoms with E-state index in [9.17, 15) is 4.79 Å². The van der Waals surface area contributed by atoms with E-state index in [-0.39, 0.29) is 5.91 Å².